The lowest BCUT2D eigenvalue weighted by molar-refractivity contribution is 0.0288. The van der Waals surface area contributed by atoms with Crippen molar-refractivity contribution in [1.29, 1.82) is 15.8 Å². The summed E-state index contributed by atoms with van der Waals surface area (Å²) in [5.41, 5.74) is 2.20. The number of imidazole rings is 1. The number of nitrogens with one attached hydrogen (secondary N) is 1. The number of aromatic amines is 1. The van der Waals surface area contributed by atoms with Gasteiger partial charge < -0.3 is 14.5 Å². The Kier molecular flexibility index (Phi) is 8.00. The molecule has 0 spiro atoms. The molecule has 138 valence electrons. The number of nitrogens with zero attached hydrogens (tertiary/aromatic N) is 4. The number of aromatic nitrogens is 2. The lowest BCUT2D eigenvalue weighted by Crippen LogP contribution is -2.16. The second-order valence-electron chi connectivity index (χ2n) is 5.89. The van der Waals surface area contributed by atoms with Gasteiger partial charge in [-0.1, -0.05) is 30.3 Å². The summed E-state index contributed by atoms with van der Waals surface area (Å²) < 4.78 is 11.4. The number of hydrogen-bond donors (Lipinski definition) is 1. The number of H-pyrrole nitrogens is 1. The molecule has 2 aromatic rings. The molecule has 0 bridgehead atoms. The smallest absolute Gasteiger partial charge is 0.138 e. The summed E-state index contributed by atoms with van der Waals surface area (Å²) in [5.74, 6) is 0.206. The highest BCUT2D eigenvalue weighted by molar-refractivity contribution is 5.55. The zero-order valence-corrected chi connectivity index (χ0v) is 15.2. The van der Waals surface area contributed by atoms with Crippen LogP contribution in [0.4, 0.5) is 0 Å². The van der Waals surface area contributed by atoms with Crippen LogP contribution in [0.5, 0.6) is 0 Å². The summed E-state index contributed by atoms with van der Waals surface area (Å²) in [5, 5.41) is 26.8. The molecule has 1 N–H and O–H groups in total. The van der Waals surface area contributed by atoms with E-state index >= 15 is 0 Å². The summed E-state index contributed by atoms with van der Waals surface area (Å²) >= 11 is 0. The van der Waals surface area contributed by atoms with E-state index in [1.807, 2.05) is 42.5 Å². The first-order valence-corrected chi connectivity index (χ1v) is 8.68. The van der Waals surface area contributed by atoms with Gasteiger partial charge in [0.05, 0.1) is 68.2 Å². The van der Waals surface area contributed by atoms with Gasteiger partial charge in [0.15, 0.2) is 0 Å². The van der Waals surface area contributed by atoms with Crippen molar-refractivity contribution >= 4 is 0 Å². The van der Waals surface area contributed by atoms with Gasteiger partial charge in [0, 0.05) is 5.56 Å². The number of rotatable bonds is 10. The number of hydrogen-bond acceptors (Lipinski definition) is 6. The van der Waals surface area contributed by atoms with Gasteiger partial charge in [-0.2, -0.15) is 15.8 Å². The predicted octanol–water partition coefficient (Wildman–Crippen LogP) is 3.64. The van der Waals surface area contributed by atoms with Crippen molar-refractivity contribution in [2.45, 2.75) is 32.5 Å². The Bertz CT molecular complexity index is 842. The molecule has 1 heterocycles. The first-order chi connectivity index (χ1) is 13.2. The number of benzene rings is 1. The van der Waals surface area contributed by atoms with Gasteiger partial charge in [-0.3, -0.25) is 0 Å². The minimum absolute atomic E-state index is 0.218. The largest absolute Gasteiger partial charge is 0.374 e. The Morgan fingerprint density at radius 2 is 1.78 bits per heavy atom. The third-order valence-corrected chi connectivity index (χ3v) is 3.90. The Morgan fingerprint density at radius 1 is 1.07 bits per heavy atom. The van der Waals surface area contributed by atoms with Gasteiger partial charge in [0.2, 0.25) is 0 Å². The molecule has 0 aliphatic heterocycles. The molecular weight excluding hydrogens is 342 g/mol. The van der Waals surface area contributed by atoms with Crippen LogP contribution in [0.2, 0.25) is 0 Å². The standard InChI is InChI=1S/C20H21N5O2/c1-15(13-23)19(27-12-6-10-22)18-17(14-26-11-5-9-21)24-20(25-18)16-7-3-2-4-8-16/h2-4,7-8,15,19H,5-6,11-12,14H2,1H3,(H,24,25). The first kappa shape index (κ1) is 20.1. The molecule has 7 nitrogen and oxygen atoms in total. The lowest BCUT2D eigenvalue weighted by atomic mass is 10.0. The van der Waals surface area contributed by atoms with Crippen LogP contribution >= 0.6 is 0 Å². The fourth-order valence-electron chi connectivity index (χ4n) is 2.55. The summed E-state index contributed by atoms with van der Waals surface area (Å²) in [6.07, 6.45) is -0.0451. The third-order valence-electron chi connectivity index (χ3n) is 3.90. The minimum Gasteiger partial charge on any atom is -0.374 e. The predicted molar refractivity (Wildman–Crippen MR) is 97.6 cm³/mol. The fraction of sp³-hybridized carbons (Fsp3) is 0.400. The summed E-state index contributed by atoms with van der Waals surface area (Å²) in [6.45, 7) is 2.51. The second-order valence-corrected chi connectivity index (χ2v) is 5.89. The molecule has 27 heavy (non-hydrogen) atoms. The van der Waals surface area contributed by atoms with Crippen LogP contribution in [0.25, 0.3) is 11.4 Å². The monoisotopic (exact) mass is 363 g/mol. The van der Waals surface area contributed by atoms with Crippen LogP contribution in [0.3, 0.4) is 0 Å². The molecule has 2 atom stereocenters. The maximum absolute atomic E-state index is 9.38. The van der Waals surface area contributed by atoms with Gasteiger partial charge in [0.25, 0.3) is 0 Å². The van der Waals surface area contributed by atoms with Crippen molar-refractivity contribution < 1.29 is 9.47 Å². The maximum Gasteiger partial charge on any atom is 0.138 e. The molecule has 0 radical (unpaired) electrons. The van der Waals surface area contributed by atoms with E-state index in [1.165, 1.54) is 0 Å². The summed E-state index contributed by atoms with van der Waals surface area (Å²) in [6, 6.07) is 15.9. The van der Waals surface area contributed by atoms with Crippen molar-refractivity contribution in [2.24, 2.45) is 5.92 Å². The molecule has 0 fully saturated rings. The van der Waals surface area contributed by atoms with Gasteiger partial charge in [-0.25, -0.2) is 4.98 Å². The average Bonchev–Trinajstić information content (AvgIpc) is 3.12. The van der Waals surface area contributed by atoms with E-state index in [0.29, 0.717) is 30.2 Å². The average molecular weight is 363 g/mol. The molecule has 0 saturated heterocycles. The van der Waals surface area contributed by atoms with E-state index < -0.39 is 12.0 Å². The molecular formula is C20H21N5O2. The van der Waals surface area contributed by atoms with Crippen LogP contribution in [0.1, 0.15) is 37.3 Å². The highest BCUT2D eigenvalue weighted by atomic mass is 16.5. The molecule has 0 amide bonds. The van der Waals surface area contributed by atoms with Gasteiger partial charge >= 0.3 is 0 Å². The van der Waals surface area contributed by atoms with E-state index in [-0.39, 0.29) is 19.6 Å². The maximum atomic E-state index is 9.38. The molecule has 1 aromatic heterocycles. The molecule has 2 unspecified atom stereocenters. The highest BCUT2D eigenvalue weighted by Crippen LogP contribution is 2.30. The first-order valence-electron chi connectivity index (χ1n) is 8.68. The topological polar surface area (TPSA) is 119 Å². The Hall–Kier alpha value is -3.18. The zero-order chi connectivity index (χ0) is 19.5. The Morgan fingerprint density at radius 3 is 2.44 bits per heavy atom. The van der Waals surface area contributed by atoms with E-state index in [0.717, 1.165) is 5.56 Å². The van der Waals surface area contributed by atoms with E-state index in [2.05, 4.69) is 16.0 Å². The minimum atomic E-state index is -0.577. The number of nitriles is 3. The Labute approximate surface area is 158 Å². The molecule has 2 rings (SSSR count). The van der Waals surface area contributed by atoms with Crippen LogP contribution in [-0.4, -0.2) is 23.2 Å². The lowest BCUT2D eigenvalue weighted by Gasteiger charge is -2.19. The second kappa shape index (κ2) is 10.7. The summed E-state index contributed by atoms with van der Waals surface area (Å²) in [4.78, 5) is 7.92. The highest BCUT2D eigenvalue weighted by Gasteiger charge is 2.27. The van der Waals surface area contributed by atoms with Gasteiger partial charge in [-0.05, 0) is 6.92 Å². The molecule has 0 saturated carbocycles. The van der Waals surface area contributed by atoms with Crippen LogP contribution < -0.4 is 0 Å². The van der Waals surface area contributed by atoms with Crippen LogP contribution in [0, 0.1) is 39.9 Å². The number of ether oxygens (including phenoxy) is 2. The summed E-state index contributed by atoms with van der Waals surface area (Å²) in [7, 11) is 0. The van der Waals surface area contributed by atoms with Crippen LogP contribution in [0.15, 0.2) is 30.3 Å². The normalized spacial score (nSPS) is 12.5. The SMILES string of the molecule is CC(C#N)C(OCCC#N)c1nc(-c2ccccc2)[nH]c1COCCC#N. The van der Waals surface area contributed by atoms with Crippen molar-refractivity contribution in [1.82, 2.24) is 9.97 Å². The van der Waals surface area contributed by atoms with Crippen LogP contribution in [-0.2, 0) is 16.1 Å². The van der Waals surface area contributed by atoms with Crippen molar-refractivity contribution in [3.63, 3.8) is 0 Å². The van der Waals surface area contributed by atoms with Gasteiger partial charge in [-0.15, -0.1) is 0 Å². The fourth-order valence-corrected chi connectivity index (χ4v) is 2.55. The molecule has 0 aliphatic rings. The van der Waals surface area contributed by atoms with E-state index in [1.54, 1.807) is 6.92 Å². The Balaban J connectivity index is 2.34. The van der Waals surface area contributed by atoms with Crippen molar-refractivity contribution in [2.75, 3.05) is 13.2 Å². The van der Waals surface area contributed by atoms with E-state index in [4.69, 9.17) is 20.0 Å². The van der Waals surface area contributed by atoms with Gasteiger partial charge in [0.1, 0.15) is 11.9 Å². The third kappa shape index (κ3) is 5.66. The molecule has 1 aromatic carbocycles. The zero-order valence-electron chi connectivity index (χ0n) is 15.2. The van der Waals surface area contributed by atoms with Crippen molar-refractivity contribution in [3.05, 3.63) is 41.7 Å². The molecule has 0 aliphatic carbocycles. The molecule has 7 heteroatoms. The van der Waals surface area contributed by atoms with Crippen molar-refractivity contribution in [3.8, 4) is 29.6 Å². The van der Waals surface area contributed by atoms with E-state index in [9.17, 15) is 5.26 Å². The quantitative estimate of drug-likeness (QED) is 0.644.